The first kappa shape index (κ1) is 32.3. The van der Waals surface area contributed by atoms with E-state index in [-0.39, 0.29) is 23.2 Å². The van der Waals surface area contributed by atoms with Crippen molar-refractivity contribution >= 4 is 34.1 Å². The summed E-state index contributed by atoms with van der Waals surface area (Å²) in [7, 11) is 0. The van der Waals surface area contributed by atoms with Crippen LogP contribution < -0.4 is 10.2 Å². The number of carbonyl (C=O) groups is 2. The summed E-state index contributed by atoms with van der Waals surface area (Å²) in [6.07, 6.45) is 3.76. The van der Waals surface area contributed by atoms with Crippen LogP contribution in [0.25, 0.3) is 33.5 Å². The molecule has 4 aromatic heterocycles. The third-order valence-corrected chi connectivity index (χ3v) is 9.47. The SMILES string of the molecule is C[C@@]1(C(=O)Nc2ccc3[nH]nc(-c4ccnc(C(F)(F)F)c4)c3c2)CCN(CC(=O)C2CCN(c3ccc(-c4ncccn4)cn3)CC2)C1. The topological polar surface area (TPSA) is 133 Å². The Hall–Kier alpha value is -5.24. The van der Waals surface area contributed by atoms with Crippen LogP contribution in [0.4, 0.5) is 24.7 Å². The van der Waals surface area contributed by atoms with Gasteiger partial charge >= 0.3 is 6.18 Å². The number of fused-ring (bicyclic) bond motifs is 1. The fourth-order valence-corrected chi connectivity index (χ4v) is 6.64. The molecular formula is C35H34F3N9O2. The predicted molar refractivity (Wildman–Crippen MR) is 177 cm³/mol. The Bertz CT molecular complexity index is 1980. The summed E-state index contributed by atoms with van der Waals surface area (Å²) in [5.41, 5.74) is 0.836. The number of H-pyrrole nitrogens is 1. The summed E-state index contributed by atoms with van der Waals surface area (Å²) >= 11 is 0. The lowest BCUT2D eigenvalue weighted by atomic mass is 9.88. The first-order valence-corrected chi connectivity index (χ1v) is 16.1. The largest absolute Gasteiger partial charge is 0.433 e. The van der Waals surface area contributed by atoms with Crippen LogP contribution in [0.1, 0.15) is 31.9 Å². The maximum atomic E-state index is 13.5. The van der Waals surface area contributed by atoms with E-state index in [2.05, 4.69) is 45.2 Å². The quantitative estimate of drug-likeness (QED) is 0.216. The van der Waals surface area contributed by atoms with Gasteiger partial charge in [0.05, 0.1) is 17.5 Å². The van der Waals surface area contributed by atoms with Crippen molar-refractivity contribution in [3.63, 3.8) is 0 Å². The minimum Gasteiger partial charge on any atom is -0.357 e. The molecule has 2 N–H and O–H groups in total. The average molecular weight is 670 g/mol. The number of aromatic amines is 1. The van der Waals surface area contributed by atoms with Crippen LogP contribution in [0, 0.1) is 11.3 Å². The third-order valence-electron chi connectivity index (χ3n) is 9.47. The molecule has 0 bridgehead atoms. The monoisotopic (exact) mass is 669 g/mol. The van der Waals surface area contributed by atoms with Crippen LogP contribution in [-0.4, -0.2) is 79.4 Å². The smallest absolute Gasteiger partial charge is 0.357 e. The highest BCUT2D eigenvalue weighted by Gasteiger charge is 2.41. The van der Waals surface area contributed by atoms with Gasteiger partial charge < -0.3 is 10.2 Å². The summed E-state index contributed by atoms with van der Waals surface area (Å²) in [5, 5.41) is 10.6. The second kappa shape index (κ2) is 13.0. The molecule has 1 aromatic carbocycles. The van der Waals surface area contributed by atoms with E-state index in [1.165, 1.54) is 6.07 Å². The second-order valence-corrected chi connectivity index (χ2v) is 12.9. The molecule has 1 amide bonds. The minimum atomic E-state index is -4.58. The molecule has 5 aromatic rings. The molecule has 49 heavy (non-hydrogen) atoms. The van der Waals surface area contributed by atoms with Gasteiger partial charge in [-0.25, -0.2) is 15.0 Å². The van der Waals surface area contributed by atoms with Crippen molar-refractivity contribution < 1.29 is 22.8 Å². The van der Waals surface area contributed by atoms with Crippen LogP contribution in [0.5, 0.6) is 0 Å². The zero-order valence-electron chi connectivity index (χ0n) is 26.7. The summed E-state index contributed by atoms with van der Waals surface area (Å²) in [6, 6.07) is 13.3. The van der Waals surface area contributed by atoms with Gasteiger partial charge in [0, 0.05) is 72.5 Å². The van der Waals surface area contributed by atoms with Gasteiger partial charge in [0.25, 0.3) is 0 Å². The average Bonchev–Trinajstić information content (AvgIpc) is 3.72. The van der Waals surface area contributed by atoms with Crippen LogP contribution >= 0.6 is 0 Å². The fourth-order valence-electron chi connectivity index (χ4n) is 6.64. The standard InChI is InChI=1S/C35H34F3N9O2/c1-34(33(49)43-25-4-5-27-26(18-25)31(45-44-27)23-7-13-39-29(17-23)35(36,37)38)10-16-46(21-34)20-28(48)22-8-14-47(15-9-22)30-6-3-24(19-42-30)32-40-11-2-12-41-32/h2-7,11-13,17-19,22H,8-10,14-16,20-21H2,1H3,(H,43,49)(H,44,45)/t34-/m1/s1. The number of benzene rings is 1. The van der Waals surface area contributed by atoms with Gasteiger partial charge in [0.15, 0.2) is 5.82 Å². The third kappa shape index (κ3) is 6.86. The number of nitrogens with zero attached hydrogens (tertiary/aromatic N) is 7. The Morgan fingerprint density at radius 2 is 1.76 bits per heavy atom. The molecule has 0 unspecified atom stereocenters. The molecule has 6 heterocycles. The second-order valence-electron chi connectivity index (χ2n) is 12.9. The number of halogens is 3. The summed E-state index contributed by atoms with van der Waals surface area (Å²) < 4.78 is 39.8. The number of rotatable bonds is 8. The van der Waals surface area contributed by atoms with E-state index in [1.54, 1.807) is 42.9 Å². The van der Waals surface area contributed by atoms with E-state index in [4.69, 9.17) is 0 Å². The molecular weight excluding hydrogens is 635 g/mol. The zero-order chi connectivity index (χ0) is 34.2. The highest BCUT2D eigenvalue weighted by atomic mass is 19.4. The number of ketones is 1. The molecule has 2 saturated heterocycles. The number of hydrogen-bond donors (Lipinski definition) is 2. The molecule has 0 radical (unpaired) electrons. The zero-order valence-corrected chi connectivity index (χ0v) is 26.7. The molecule has 0 saturated carbocycles. The van der Waals surface area contributed by atoms with Crippen molar-refractivity contribution in [2.45, 2.75) is 32.4 Å². The number of amides is 1. The van der Waals surface area contributed by atoms with E-state index in [0.29, 0.717) is 54.2 Å². The predicted octanol–water partition coefficient (Wildman–Crippen LogP) is 5.63. The lowest BCUT2D eigenvalue weighted by molar-refractivity contribution is -0.141. The van der Waals surface area contributed by atoms with Crippen LogP contribution in [-0.2, 0) is 15.8 Å². The molecule has 252 valence electrons. The molecule has 0 aliphatic carbocycles. The molecule has 2 aliphatic heterocycles. The van der Waals surface area contributed by atoms with Crippen molar-refractivity contribution in [3.8, 4) is 22.6 Å². The number of pyridine rings is 2. The van der Waals surface area contributed by atoms with Crippen LogP contribution in [0.15, 0.2) is 73.3 Å². The molecule has 0 spiro atoms. The van der Waals surface area contributed by atoms with Crippen molar-refractivity contribution in [3.05, 3.63) is 79.0 Å². The van der Waals surface area contributed by atoms with Crippen molar-refractivity contribution in [2.75, 3.05) is 42.9 Å². The van der Waals surface area contributed by atoms with E-state index in [1.807, 2.05) is 19.1 Å². The maximum Gasteiger partial charge on any atom is 0.433 e. The molecule has 2 aliphatic rings. The number of aromatic nitrogens is 6. The normalized spacial score (nSPS) is 19.0. The number of nitrogens with one attached hydrogen (secondary N) is 2. The van der Waals surface area contributed by atoms with Gasteiger partial charge in [0.2, 0.25) is 5.91 Å². The van der Waals surface area contributed by atoms with Crippen LogP contribution in [0.3, 0.4) is 0 Å². The van der Waals surface area contributed by atoms with Gasteiger partial charge in [0.1, 0.15) is 23.0 Å². The number of hydrogen-bond acceptors (Lipinski definition) is 9. The summed E-state index contributed by atoms with van der Waals surface area (Å²) in [4.78, 5) is 47.7. The Morgan fingerprint density at radius 3 is 2.49 bits per heavy atom. The fraction of sp³-hybridized carbons (Fsp3) is 0.343. The van der Waals surface area contributed by atoms with Gasteiger partial charge in [-0.3, -0.25) is 24.6 Å². The Kier molecular flexibility index (Phi) is 8.57. The maximum absolute atomic E-state index is 13.5. The van der Waals surface area contributed by atoms with Gasteiger partial charge in [-0.1, -0.05) is 0 Å². The van der Waals surface area contributed by atoms with Gasteiger partial charge in [-0.05, 0) is 81.3 Å². The van der Waals surface area contributed by atoms with E-state index >= 15 is 0 Å². The number of carbonyl (C=O) groups excluding carboxylic acids is 2. The highest BCUT2D eigenvalue weighted by molar-refractivity contribution is 6.00. The summed E-state index contributed by atoms with van der Waals surface area (Å²) in [5.74, 6) is 1.46. The number of alkyl halides is 3. The van der Waals surface area contributed by atoms with E-state index in [0.717, 1.165) is 49.6 Å². The Labute approximate surface area is 280 Å². The lowest BCUT2D eigenvalue weighted by Crippen LogP contribution is -2.41. The number of anilines is 2. The molecule has 11 nitrogen and oxygen atoms in total. The molecule has 7 rings (SSSR count). The Balaban J connectivity index is 0.933. The number of piperidine rings is 1. The van der Waals surface area contributed by atoms with Gasteiger partial charge in [-0.15, -0.1) is 0 Å². The first-order chi connectivity index (χ1) is 23.6. The summed E-state index contributed by atoms with van der Waals surface area (Å²) in [6.45, 7) is 4.74. The molecule has 1 atom stereocenters. The number of likely N-dealkylation sites (tertiary alicyclic amines) is 1. The van der Waals surface area contributed by atoms with Crippen LogP contribution in [0.2, 0.25) is 0 Å². The highest BCUT2D eigenvalue weighted by Crippen LogP contribution is 2.35. The van der Waals surface area contributed by atoms with Crippen molar-refractivity contribution in [2.24, 2.45) is 11.3 Å². The molecule has 2 fully saturated rings. The van der Waals surface area contributed by atoms with Gasteiger partial charge in [-0.2, -0.15) is 18.3 Å². The van der Waals surface area contributed by atoms with Crippen molar-refractivity contribution in [1.29, 1.82) is 0 Å². The van der Waals surface area contributed by atoms with E-state index < -0.39 is 17.3 Å². The van der Waals surface area contributed by atoms with Crippen molar-refractivity contribution in [1.82, 2.24) is 35.0 Å². The lowest BCUT2D eigenvalue weighted by Gasteiger charge is -2.33. The first-order valence-electron chi connectivity index (χ1n) is 16.1. The molecule has 14 heteroatoms. The minimum absolute atomic E-state index is 0.0441. The Morgan fingerprint density at radius 1 is 0.959 bits per heavy atom. The number of Topliss-reactive ketones (excluding diaryl/α,β-unsaturated/α-hetero) is 1. The van der Waals surface area contributed by atoms with E-state index in [9.17, 15) is 22.8 Å².